The molecule has 0 saturated carbocycles. The van der Waals surface area contributed by atoms with Crippen LogP contribution < -0.4 is 9.80 Å². The third kappa shape index (κ3) is 3.25. The minimum Gasteiger partial charge on any atom is -0.622 e. The molecule has 0 spiro atoms. The number of aromatic nitrogens is 2. The summed E-state index contributed by atoms with van der Waals surface area (Å²) in [6.07, 6.45) is 1.52. The van der Waals surface area contributed by atoms with Crippen LogP contribution in [0.1, 0.15) is 21.7 Å². The van der Waals surface area contributed by atoms with Crippen LogP contribution in [0.3, 0.4) is 0 Å². The second kappa shape index (κ2) is 6.99. The van der Waals surface area contributed by atoms with Crippen LogP contribution in [0.2, 0.25) is 0 Å². The van der Waals surface area contributed by atoms with E-state index in [1.54, 1.807) is 18.2 Å². The molecule has 3 heterocycles. The van der Waals surface area contributed by atoms with E-state index in [-0.39, 0.29) is 16.9 Å². The van der Waals surface area contributed by atoms with Gasteiger partial charge in [-0.3, -0.25) is 5.06 Å². The molecule has 136 valence electrons. The zero-order chi connectivity index (χ0) is 19.0. The molecule has 1 unspecified atom stereocenters. The first-order valence-electron chi connectivity index (χ1n) is 8.13. The monoisotopic (exact) mass is 382 g/mol. The summed E-state index contributed by atoms with van der Waals surface area (Å²) >= 11 is 1.46. The molecule has 0 bridgehead atoms. The predicted octanol–water partition coefficient (Wildman–Crippen LogP) is 2.66. The van der Waals surface area contributed by atoms with E-state index in [9.17, 15) is 9.60 Å². The van der Waals surface area contributed by atoms with Crippen molar-refractivity contribution in [1.82, 2.24) is 9.97 Å². The van der Waals surface area contributed by atoms with Crippen molar-refractivity contribution in [2.24, 2.45) is 4.99 Å². The van der Waals surface area contributed by atoms with Gasteiger partial charge in [0.1, 0.15) is 22.1 Å². The molecule has 4 rings (SSSR count). The first-order valence-corrected chi connectivity index (χ1v) is 9.01. The number of hydrogen-bond acceptors (Lipinski definition) is 6. The third-order valence-electron chi connectivity index (χ3n) is 4.06. The van der Waals surface area contributed by atoms with E-state index in [0.29, 0.717) is 28.5 Å². The Labute approximate surface area is 158 Å². The quantitative estimate of drug-likeness (QED) is 0.704. The number of hydroxylamine groups is 2. The predicted molar refractivity (Wildman–Crippen MR) is 102 cm³/mol. The number of aliphatic imine (C=N–C) groups is 1. The lowest BCUT2D eigenvalue weighted by atomic mass is 10.1. The average Bonchev–Trinajstić information content (AvgIpc) is 3.25. The van der Waals surface area contributed by atoms with Crippen LogP contribution in [0.5, 0.6) is 6.01 Å². The number of thiophene rings is 1. The van der Waals surface area contributed by atoms with Crippen LogP contribution in [0.25, 0.3) is 11.4 Å². The van der Waals surface area contributed by atoms with E-state index in [1.165, 1.54) is 36.8 Å². The summed E-state index contributed by atoms with van der Waals surface area (Å²) < 4.78 is 18.4. The second-order valence-electron chi connectivity index (χ2n) is 5.94. The number of hydrogen-bond donors (Lipinski definition) is 1. The third-order valence-corrected chi connectivity index (χ3v) is 5.11. The van der Waals surface area contributed by atoms with E-state index < -0.39 is 0 Å². The van der Waals surface area contributed by atoms with Crippen LogP contribution in [0.15, 0.2) is 53.0 Å². The van der Waals surface area contributed by atoms with E-state index >= 15 is 0 Å². The maximum atomic E-state index is 13.4. The Morgan fingerprint density at radius 2 is 1.96 bits per heavy atom. The van der Waals surface area contributed by atoms with E-state index in [4.69, 9.17) is 4.74 Å². The van der Waals surface area contributed by atoms with Crippen molar-refractivity contribution in [3.05, 3.63) is 80.7 Å². The number of ether oxygens (including phenoxy) is 1. The molecule has 3 aromatic rings. The molecule has 27 heavy (non-hydrogen) atoms. The van der Waals surface area contributed by atoms with Crippen LogP contribution in [-0.2, 0) is 0 Å². The fraction of sp³-hybridized carbons (Fsp3) is 0.105. The standard InChI is InChI=1S/C19H15FN4O2S/c1-11-9-15(27-10-11)18-23-16(12-3-5-13(20)6-4-12)17(24(18)25)14-7-8-21-19(22-14)26-2/h3-10,24H,1-2H3. The van der Waals surface area contributed by atoms with Gasteiger partial charge in [-0.25, -0.2) is 9.37 Å². The molecule has 0 aliphatic carbocycles. The topological polar surface area (TPSA) is 74.9 Å². The van der Waals surface area contributed by atoms with Gasteiger partial charge in [0.25, 0.3) is 0 Å². The van der Waals surface area contributed by atoms with Crippen molar-refractivity contribution in [3.8, 4) is 6.01 Å². The van der Waals surface area contributed by atoms with Gasteiger partial charge in [-0.1, -0.05) is 0 Å². The highest BCUT2D eigenvalue weighted by atomic mass is 32.1. The molecule has 1 atom stereocenters. The van der Waals surface area contributed by atoms with Crippen molar-refractivity contribution in [2.75, 3.05) is 7.11 Å². The maximum absolute atomic E-state index is 13.4. The first-order chi connectivity index (χ1) is 13.1. The normalized spacial score (nSPS) is 16.6. The summed E-state index contributed by atoms with van der Waals surface area (Å²) in [4.78, 5) is 13.7. The summed E-state index contributed by atoms with van der Waals surface area (Å²) in [5, 5.41) is 15.0. The minimum atomic E-state index is -0.355. The van der Waals surface area contributed by atoms with E-state index in [1.807, 2.05) is 18.4 Å². The van der Waals surface area contributed by atoms with Crippen molar-refractivity contribution in [2.45, 2.75) is 6.92 Å². The number of nitrogens with one attached hydrogen (secondary N) is 1. The molecule has 0 radical (unpaired) electrons. The summed E-state index contributed by atoms with van der Waals surface area (Å²) in [5.41, 5.74) is 2.93. The van der Waals surface area contributed by atoms with Gasteiger partial charge in [-0.15, -0.1) is 11.3 Å². The minimum absolute atomic E-state index is 0.159. The van der Waals surface area contributed by atoms with Crippen molar-refractivity contribution < 1.29 is 14.2 Å². The maximum Gasteiger partial charge on any atom is 0.316 e. The Morgan fingerprint density at radius 3 is 2.63 bits per heavy atom. The number of aryl methyl sites for hydroxylation is 1. The fourth-order valence-corrected chi connectivity index (χ4v) is 3.68. The lowest BCUT2D eigenvalue weighted by Crippen LogP contribution is -3.06. The Balaban J connectivity index is 1.88. The molecule has 1 aliphatic rings. The van der Waals surface area contributed by atoms with Crippen LogP contribution >= 0.6 is 11.3 Å². The number of benzene rings is 1. The van der Waals surface area contributed by atoms with Gasteiger partial charge in [-0.05, 0) is 54.3 Å². The smallest absolute Gasteiger partial charge is 0.316 e. The lowest BCUT2D eigenvalue weighted by molar-refractivity contribution is -0.655. The lowest BCUT2D eigenvalue weighted by Gasteiger charge is -2.19. The number of nitrogens with zero attached hydrogens (tertiary/aromatic N) is 3. The van der Waals surface area contributed by atoms with Crippen LogP contribution in [0, 0.1) is 17.9 Å². The SMILES string of the molecule is COc1nccc(C2=C(c3ccc(F)cc3)N=C(c3cc(C)cs3)[NH+]2[O-])n1. The van der Waals surface area contributed by atoms with Crippen molar-refractivity contribution in [3.63, 3.8) is 0 Å². The molecule has 1 aromatic carbocycles. The zero-order valence-electron chi connectivity index (χ0n) is 14.6. The summed E-state index contributed by atoms with van der Waals surface area (Å²) in [7, 11) is 1.46. The molecular weight excluding hydrogens is 367 g/mol. The Bertz CT molecular complexity index is 1060. The first kappa shape index (κ1) is 17.5. The van der Waals surface area contributed by atoms with Crippen LogP contribution in [-0.4, -0.2) is 22.9 Å². The molecular formula is C19H15FN4O2S. The Hall–Kier alpha value is -2.94. The fourth-order valence-electron chi connectivity index (χ4n) is 2.80. The highest BCUT2D eigenvalue weighted by molar-refractivity contribution is 7.12. The largest absolute Gasteiger partial charge is 0.622 e. The summed E-state index contributed by atoms with van der Waals surface area (Å²) in [5.74, 6) is 0.00650. The molecule has 0 saturated heterocycles. The molecule has 1 N–H and O–H groups in total. The van der Waals surface area contributed by atoms with Gasteiger partial charge in [-0.2, -0.15) is 9.98 Å². The Morgan fingerprint density at radius 1 is 1.19 bits per heavy atom. The zero-order valence-corrected chi connectivity index (χ0v) is 15.4. The highest BCUT2D eigenvalue weighted by Crippen LogP contribution is 2.29. The van der Waals surface area contributed by atoms with Crippen molar-refractivity contribution in [1.29, 1.82) is 0 Å². The van der Waals surface area contributed by atoms with Gasteiger partial charge in [0, 0.05) is 11.8 Å². The summed E-state index contributed by atoms with van der Waals surface area (Å²) in [6, 6.07) is 9.60. The van der Waals surface area contributed by atoms with Gasteiger partial charge >= 0.3 is 6.01 Å². The van der Waals surface area contributed by atoms with Gasteiger partial charge in [0.2, 0.25) is 5.84 Å². The van der Waals surface area contributed by atoms with Gasteiger partial charge < -0.3 is 9.94 Å². The van der Waals surface area contributed by atoms with Crippen LogP contribution in [0.4, 0.5) is 4.39 Å². The second-order valence-corrected chi connectivity index (χ2v) is 6.85. The molecule has 6 nitrogen and oxygen atoms in total. The molecule has 1 aliphatic heterocycles. The number of quaternary nitrogens is 1. The van der Waals surface area contributed by atoms with Gasteiger partial charge in [0.15, 0.2) is 5.70 Å². The molecule has 8 heteroatoms. The van der Waals surface area contributed by atoms with Crippen molar-refractivity contribution >= 4 is 28.6 Å². The van der Waals surface area contributed by atoms with E-state index in [2.05, 4.69) is 15.0 Å². The van der Waals surface area contributed by atoms with Gasteiger partial charge in [0.05, 0.1) is 7.11 Å². The Kier molecular flexibility index (Phi) is 4.53. The number of halogens is 1. The molecule has 0 fully saturated rings. The molecule has 2 aromatic heterocycles. The van der Waals surface area contributed by atoms with E-state index in [0.717, 1.165) is 10.4 Å². The number of rotatable bonds is 4. The average molecular weight is 382 g/mol. The highest BCUT2D eigenvalue weighted by Gasteiger charge is 2.32. The number of methoxy groups -OCH3 is 1. The summed E-state index contributed by atoms with van der Waals surface area (Å²) in [6.45, 7) is 1.96. The molecule has 0 amide bonds. The number of amidine groups is 1.